The summed E-state index contributed by atoms with van der Waals surface area (Å²) in [7, 11) is 3.90. The summed E-state index contributed by atoms with van der Waals surface area (Å²) in [4.78, 5) is 5.95. The van der Waals surface area contributed by atoms with Gasteiger partial charge in [-0.25, -0.2) is 0 Å². The van der Waals surface area contributed by atoms with E-state index in [9.17, 15) is 0 Å². The fraction of sp³-hybridized carbons (Fsp3) is 0.364. The van der Waals surface area contributed by atoms with E-state index in [0.29, 0.717) is 6.54 Å². The van der Waals surface area contributed by atoms with Crippen molar-refractivity contribution in [3.8, 4) is 0 Å². The summed E-state index contributed by atoms with van der Waals surface area (Å²) >= 11 is 0. The van der Waals surface area contributed by atoms with Crippen LogP contribution in [0.1, 0.15) is 6.92 Å². The molecule has 0 radical (unpaired) electrons. The van der Waals surface area contributed by atoms with Gasteiger partial charge in [0.15, 0.2) is 0 Å². The Morgan fingerprint density at radius 3 is 2.36 bits per heavy atom. The predicted octanol–water partition coefficient (Wildman–Crippen LogP) is 1.55. The third-order valence-electron chi connectivity index (χ3n) is 1.87. The first-order chi connectivity index (χ1) is 6.58. The topological polar surface area (TPSA) is 41.6 Å². The Balaban J connectivity index is 5.27. The van der Waals surface area contributed by atoms with Crippen molar-refractivity contribution in [3.63, 3.8) is 0 Å². The molecule has 0 heterocycles. The van der Waals surface area contributed by atoms with Gasteiger partial charge in [-0.3, -0.25) is 4.99 Å². The highest BCUT2D eigenvalue weighted by Crippen LogP contribution is 2.17. The second-order valence-electron chi connectivity index (χ2n) is 3.17. The summed E-state index contributed by atoms with van der Waals surface area (Å²) < 4.78 is 0. The van der Waals surface area contributed by atoms with Gasteiger partial charge in [-0.1, -0.05) is 12.7 Å². The van der Waals surface area contributed by atoms with Crippen molar-refractivity contribution in [1.82, 2.24) is 4.90 Å². The summed E-state index contributed by atoms with van der Waals surface area (Å²) in [5.41, 5.74) is 8.38. The van der Waals surface area contributed by atoms with Gasteiger partial charge in [0.05, 0.1) is 11.4 Å². The number of allylic oxidation sites excluding steroid dienone is 2. The first kappa shape index (κ1) is 12.7. The van der Waals surface area contributed by atoms with Gasteiger partial charge in [-0.05, 0) is 25.3 Å². The van der Waals surface area contributed by atoms with Crippen molar-refractivity contribution in [2.75, 3.05) is 20.6 Å². The van der Waals surface area contributed by atoms with Gasteiger partial charge in [0.1, 0.15) is 0 Å². The van der Waals surface area contributed by atoms with Crippen LogP contribution in [0.2, 0.25) is 0 Å². The largest absolute Gasteiger partial charge is 0.376 e. The van der Waals surface area contributed by atoms with Crippen molar-refractivity contribution in [2.24, 2.45) is 10.7 Å². The van der Waals surface area contributed by atoms with Crippen molar-refractivity contribution in [1.29, 1.82) is 0 Å². The minimum atomic E-state index is 0.483. The molecule has 0 aromatic heterocycles. The van der Waals surface area contributed by atoms with E-state index in [-0.39, 0.29) is 0 Å². The Labute approximate surface area is 86.3 Å². The van der Waals surface area contributed by atoms with Gasteiger partial charge in [0, 0.05) is 20.6 Å². The summed E-state index contributed by atoms with van der Waals surface area (Å²) in [6.07, 6.45) is 3.62. The molecule has 0 aliphatic carbocycles. The second-order valence-corrected chi connectivity index (χ2v) is 3.17. The quantitative estimate of drug-likeness (QED) is 0.531. The standard InChI is InChI=1S/C11H19N3/c1-6-7-10(14(4)5)11(13-3)9(2)8-12/h6-7H,1,3,8,12H2,2,4-5H3/b10-7+,11-9-. The van der Waals surface area contributed by atoms with Crippen molar-refractivity contribution in [3.05, 3.63) is 35.7 Å². The number of hydrogen-bond donors (Lipinski definition) is 1. The van der Waals surface area contributed by atoms with E-state index in [0.717, 1.165) is 17.0 Å². The molecule has 3 heteroatoms. The summed E-state index contributed by atoms with van der Waals surface area (Å²) in [6.45, 7) is 9.65. The normalized spacial score (nSPS) is 13.3. The maximum atomic E-state index is 5.57. The van der Waals surface area contributed by atoms with Crippen LogP contribution in [0.3, 0.4) is 0 Å². The number of likely N-dealkylation sites (N-methyl/N-ethyl adjacent to an activating group) is 1. The second kappa shape index (κ2) is 6.16. The molecule has 2 N–H and O–H groups in total. The lowest BCUT2D eigenvalue weighted by Gasteiger charge is -2.18. The lowest BCUT2D eigenvalue weighted by atomic mass is 10.1. The molecule has 0 rings (SSSR count). The average Bonchev–Trinajstić information content (AvgIpc) is 2.16. The van der Waals surface area contributed by atoms with E-state index in [1.165, 1.54) is 0 Å². The van der Waals surface area contributed by atoms with E-state index in [4.69, 9.17) is 5.73 Å². The zero-order valence-electron chi connectivity index (χ0n) is 9.25. The number of aliphatic imine (C=N–C) groups is 1. The van der Waals surface area contributed by atoms with Crippen molar-refractivity contribution in [2.45, 2.75) is 6.92 Å². The SMILES string of the molecule is C=C/C=C(\C(N=C)=C(/C)CN)N(C)C. The van der Waals surface area contributed by atoms with Crippen LogP contribution in [-0.2, 0) is 0 Å². The minimum absolute atomic E-state index is 0.483. The van der Waals surface area contributed by atoms with Crippen molar-refractivity contribution >= 4 is 6.72 Å². The Bertz CT molecular complexity index is 272. The van der Waals surface area contributed by atoms with Gasteiger partial charge in [0.25, 0.3) is 0 Å². The first-order valence-corrected chi connectivity index (χ1v) is 4.45. The monoisotopic (exact) mass is 193 g/mol. The van der Waals surface area contributed by atoms with Crippen LogP contribution in [0.5, 0.6) is 0 Å². The Hall–Kier alpha value is -1.35. The minimum Gasteiger partial charge on any atom is -0.376 e. The third kappa shape index (κ3) is 3.18. The van der Waals surface area contributed by atoms with E-state index >= 15 is 0 Å². The molecule has 0 bridgehead atoms. The highest BCUT2D eigenvalue weighted by Gasteiger charge is 2.07. The summed E-state index contributed by atoms with van der Waals surface area (Å²) in [5, 5.41) is 0. The van der Waals surface area contributed by atoms with Crippen LogP contribution in [-0.4, -0.2) is 32.3 Å². The molecule has 14 heavy (non-hydrogen) atoms. The maximum absolute atomic E-state index is 5.57. The number of nitrogens with two attached hydrogens (primary N) is 1. The number of hydrogen-bond acceptors (Lipinski definition) is 3. The maximum Gasteiger partial charge on any atom is 0.0857 e. The molecule has 0 saturated carbocycles. The number of rotatable bonds is 5. The Morgan fingerprint density at radius 1 is 1.50 bits per heavy atom. The van der Waals surface area contributed by atoms with Crippen LogP contribution in [0.4, 0.5) is 0 Å². The van der Waals surface area contributed by atoms with E-state index in [1.807, 2.05) is 32.0 Å². The zero-order chi connectivity index (χ0) is 11.1. The Kier molecular flexibility index (Phi) is 5.56. The van der Waals surface area contributed by atoms with E-state index in [1.54, 1.807) is 6.08 Å². The molecule has 0 spiro atoms. The van der Waals surface area contributed by atoms with Crippen LogP contribution in [0.25, 0.3) is 0 Å². The van der Waals surface area contributed by atoms with Gasteiger partial charge in [0.2, 0.25) is 0 Å². The lowest BCUT2D eigenvalue weighted by Crippen LogP contribution is -2.15. The van der Waals surface area contributed by atoms with Gasteiger partial charge >= 0.3 is 0 Å². The highest BCUT2D eigenvalue weighted by molar-refractivity contribution is 5.41. The fourth-order valence-corrected chi connectivity index (χ4v) is 1.08. The first-order valence-electron chi connectivity index (χ1n) is 4.45. The van der Waals surface area contributed by atoms with Crippen LogP contribution in [0.15, 0.2) is 40.7 Å². The highest BCUT2D eigenvalue weighted by atomic mass is 15.1. The smallest absolute Gasteiger partial charge is 0.0857 e. The predicted molar refractivity (Wildman–Crippen MR) is 63.3 cm³/mol. The molecule has 0 atom stereocenters. The van der Waals surface area contributed by atoms with Crippen LogP contribution in [0, 0.1) is 0 Å². The molecule has 3 nitrogen and oxygen atoms in total. The van der Waals surface area contributed by atoms with Gasteiger partial charge < -0.3 is 10.6 Å². The molecular weight excluding hydrogens is 174 g/mol. The zero-order valence-corrected chi connectivity index (χ0v) is 9.25. The molecule has 0 fully saturated rings. The summed E-state index contributed by atoms with van der Waals surface area (Å²) in [6, 6.07) is 0. The lowest BCUT2D eigenvalue weighted by molar-refractivity contribution is 0.519. The van der Waals surface area contributed by atoms with Crippen LogP contribution < -0.4 is 5.73 Å². The number of nitrogens with zero attached hydrogens (tertiary/aromatic N) is 2. The molecule has 0 aromatic carbocycles. The molecule has 0 unspecified atom stereocenters. The Morgan fingerprint density at radius 2 is 2.07 bits per heavy atom. The van der Waals surface area contributed by atoms with Gasteiger partial charge in [-0.15, -0.1) is 0 Å². The molecule has 0 aliphatic rings. The van der Waals surface area contributed by atoms with Crippen LogP contribution >= 0.6 is 0 Å². The van der Waals surface area contributed by atoms with Crippen molar-refractivity contribution < 1.29 is 0 Å². The molecule has 78 valence electrons. The molecule has 0 amide bonds. The molecule has 0 saturated heterocycles. The molecule has 0 aromatic rings. The third-order valence-corrected chi connectivity index (χ3v) is 1.87. The molecular formula is C11H19N3. The van der Waals surface area contributed by atoms with Gasteiger partial charge in [-0.2, -0.15) is 0 Å². The average molecular weight is 193 g/mol. The summed E-state index contributed by atoms with van der Waals surface area (Å²) in [5.74, 6) is 0. The van der Waals surface area contributed by atoms with E-state index in [2.05, 4.69) is 18.3 Å². The fourth-order valence-electron chi connectivity index (χ4n) is 1.08. The van der Waals surface area contributed by atoms with E-state index < -0.39 is 0 Å². The molecule has 0 aliphatic heterocycles.